The van der Waals surface area contributed by atoms with E-state index in [0.29, 0.717) is 31.1 Å². The first-order valence-electron chi connectivity index (χ1n) is 12.8. The maximum atomic E-state index is 13.7. The third kappa shape index (κ3) is 3.38. The molecule has 0 radical (unpaired) electrons. The van der Waals surface area contributed by atoms with Crippen molar-refractivity contribution in [3.05, 3.63) is 59.2 Å². The standard InChI is InChI=1S/C28H31N3O5/c1-18-20-14-22-23(36-13-12-35-22)15-21(20)28(10-6-7-11-28)17-31(18)24(32)16-30-25(33)27(2,29-26(30)34)19-8-4-3-5-9-19/h3-5,8-9,14-15,18H,6-7,10-13,16-17H2,1-2H3,(H,29,34). The van der Waals surface area contributed by atoms with Crippen LogP contribution in [0.1, 0.15) is 62.3 Å². The Hall–Kier alpha value is -3.55. The average molecular weight is 490 g/mol. The predicted octanol–water partition coefficient (Wildman–Crippen LogP) is 3.64. The second-order valence-corrected chi connectivity index (χ2v) is 10.6. The van der Waals surface area contributed by atoms with Crippen LogP contribution in [0.15, 0.2) is 42.5 Å². The number of hydrogen-bond acceptors (Lipinski definition) is 5. The minimum absolute atomic E-state index is 0.150. The maximum absolute atomic E-state index is 13.7. The van der Waals surface area contributed by atoms with Crippen molar-refractivity contribution in [1.29, 1.82) is 0 Å². The molecule has 4 aliphatic rings. The Bertz CT molecular complexity index is 1240. The minimum atomic E-state index is -1.19. The number of rotatable bonds is 3. The second-order valence-electron chi connectivity index (χ2n) is 10.6. The number of fused-ring (bicyclic) bond motifs is 3. The number of amides is 4. The van der Waals surface area contributed by atoms with E-state index in [1.54, 1.807) is 6.92 Å². The summed E-state index contributed by atoms with van der Waals surface area (Å²) in [4.78, 5) is 42.9. The molecule has 3 heterocycles. The lowest BCUT2D eigenvalue weighted by molar-refractivity contribution is -0.141. The van der Waals surface area contributed by atoms with Crippen molar-refractivity contribution in [3.63, 3.8) is 0 Å². The van der Waals surface area contributed by atoms with Crippen molar-refractivity contribution >= 4 is 17.8 Å². The quantitative estimate of drug-likeness (QED) is 0.665. The Labute approximate surface area is 210 Å². The summed E-state index contributed by atoms with van der Waals surface area (Å²) in [7, 11) is 0. The van der Waals surface area contributed by atoms with Crippen molar-refractivity contribution in [3.8, 4) is 11.5 Å². The van der Waals surface area contributed by atoms with Crippen LogP contribution >= 0.6 is 0 Å². The molecule has 2 atom stereocenters. The van der Waals surface area contributed by atoms with E-state index in [4.69, 9.17) is 9.47 Å². The molecule has 2 unspecified atom stereocenters. The van der Waals surface area contributed by atoms with Gasteiger partial charge in [0.05, 0.1) is 6.04 Å². The summed E-state index contributed by atoms with van der Waals surface area (Å²) in [6.45, 7) is 5.01. The van der Waals surface area contributed by atoms with Crippen molar-refractivity contribution in [2.75, 3.05) is 26.3 Å². The Morgan fingerprint density at radius 1 is 1.06 bits per heavy atom. The highest BCUT2D eigenvalue weighted by atomic mass is 16.6. The van der Waals surface area contributed by atoms with Crippen molar-refractivity contribution < 1.29 is 23.9 Å². The molecule has 6 rings (SSSR count). The summed E-state index contributed by atoms with van der Waals surface area (Å²) < 4.78 is 11.7. The fourth-order valence-electron chi connectivity index (χ4n) is 6.44. The van der Waals surface area contributed by atoms with E-state index < -0.39 is 17.5 Å². The summed E-state index contributed by atoms with van der Waals surface area (Å²) in [6, 6.07) is 12.5. The van der Waals surface area contributed by atoms with Crippen LogP contribution in [-0.4, -0.2) is 53.9 Å². The van der Waals surface area contributed by atoms with Gasteiger partial charge in [-0.1, -0.05) is 43.2 Å². The lowest BCUT2D eigenvalue weighted by atomic mass is 9.71. The van der Waals surface area contributed by atoms with E-state index in [1.165, 1.54) is 5.56 Å². The molecule has 1 saturated heterocycles. The monoisotopic (exact) mass is 489 g/mol. The first-order valence-corrected chi connectivity index (χ1v) is 12.8. The van der Waals surface area contributed by atoms with Gasteiger partial charge in [-0.15, -0.1) is 0 Å². The fourth-order valence-corrected chi connectivity index (χ4v) is 6.44. The molecule has 1 saturated carbocycles. The van der Waals surface area contributed by atoms with Gasteiger partial charge in [0.25, 0.3) is 5.91 Å². The molecule has 1 aliphatic carbocycles. The van der Waals surface area contributed by atoms with Crippen LogP contribution in [0.3, 0.4) is 0 Å². The van der Waals surface area contributed by atoms with E-state index in [9.17, 15) is 14.4 Å². The molecule has 0 aromatic heterocycles. The van der Waals surface area contributed by atoms with Gasteiger partial charge in [-0.05, 0) is 55.5 Å². The molecule has 2 aromatic rings. The van der Waals surface area contributed by atoms with Gasteiger partial charge in [0, 0.05) is 12.0 Å². The molecule has 36 heavy (non-hydrogen) atoms. The third-order valence-electron chi connectivity index (χ3n) is 8.48. The fraction of sp³-hybridized carbons (Fsp3) is 0.464. The third-order valence-corrected chi connectivity index (χ3v) is 8.48. The molecule has 1 N–H and O–H groups in total. The van der Waals surface area contributed by atoms with Crippen molar-refractivity contribution in [1.82, 2.24) is 15.1 Å². The molecule has 0 bridgehead atoms. The average Bonchev–Trinajstić information content (AvgIpc) is 3.45. The maximum Gasteiger partial charge on any atom is 0.325 e. The predicted molar refractivity (Wildman–Crippen MR) is 132 cm³/mol. The summed E-state index contributed by atoms with van der Waals surface area (Å²) >= 11 is 0. The molecule has 8 nitrogen and oxygen atoms in total. The molecule has 4 amide bonds. The van der Waals surface area contributed by atoms with Crippen molar-refractivity contribution in [2.24, 2.45) is 0 Å². The molecule has 8 heteroatoms. The number of hydrogen-bond donors (Lipinski definition) is 1. The first-order chi connectivity index (χ1) is 17.3. The second kappa shape index (κ2) is 8.25. The highest BCUT2D eigenvalue weighted by Crippen LogP contribution is 2.52. The minimum Gasteiger partial charge on any atom is -0.486 e. The van der Waals surface area contributed by atoms with Crippen LogP contribution in [0, 0.1) is 0 Å². The Balaban J connectivity index is 1.30. The first kappa shape index (κ1) is 22.9. The van der Waals surface area contributed by atoms with Gasteiger partial charge >= 0.3 is 6.03 Å². The number of carbonyl (C=O) groups is 3. The molecular weight excluding hydrogens is 458 g/mol. The highest BCUT2D eigenvalue weighted by Gasteiger charge is 2.51. The van der Waals surface area contributed by atoms with Gasteiger partial charge in [-0.2, -0.15) is 0 Å². The largest absolute Gasteiger partial charge is 0.486 e. The van der Waals surface area contributed by atoms with Crippen LogP contribution < -0.4 is 14.8 Å². The van der Waals surface area contributed by atoms with E-state index in [1.807, 2.05) is 48.2 Å². The van der Waals surface area contributed by atoms with Gasteiger partial charge in [-0.25, -0.2) is 4.79 Å². The van der Waals surface area contributed by atoms with E-state index in [-0.39, 0.29) is 23.9 Å². The van der Waals surface area contributed by atoms with Gasteiger partial charge in [0.15, 0.2) is 11.5 Å². The summed E-state index contributed by atoms with van der Waals surface area (Å²) in [5, 5.41) is 2.80. The SMILES string of the molecule is CC1c2cc3c(cc2C2(CCCC2)CN1C(=O)CN1C(=O)NC(C)(c2ccccc2)C1=O)OCCO3. The molecule has 2 aromatic carbocycles. The number of benzene rings is 2. The van der Waals surface area contributed by atoms with Crippen LogP contribution in [0.2, 0.25) is 0 Å². The Morgan fingerprint density at radius 3 is 2.42 bits per heavy atom. The number of carbonyl (C=O) groups excluding carboxylic acids is 3. The highest BCUT2D eigenvalue weighted by molar-refractivity contribution is 6.09. The van der Waals surface area contributed by atoms with Gasteiger partial charge in [0.2, 0.25) is 5.91 Å². The van der Waals surface area contributed by atoms with Crippen LogP contribution in [0.5, 0.6) is 11.5 Å². The molecule has 188 valence electrons. The summed E-state index contributed by atoms with van der Waals surface area (Å²) in [5.41, 5.74) is 1.65. The number of imide groups is 1. The Kier molecular flexibility index (Phi) is 5.24. The zero-order chi connectivity index (χ0) is 25.1. The van der Waals surface area contributed by atoms with E-state index >= 15 is 0 Å². The van der Waals surface area contributed by atoms with E-state index in [2.05, 4.69) is 11.4 Å². The zero-order valence-electron chi connectivity index (χ0n) is 20.7. The van der Waals surface area contributed by atoms with Crippen molar-refractivity contribution in [2.45, 2.75) is 56.5 Å². The normalized spacial score (nSPS) is 26.2. The number of nitrogens with zero attached hydrogens (tertiary/aromatic N) is 2. The zero-order valence-corrected chi connectivity index (χ0v) is 20.7. The van der Waals surface area contributed by atoms with Gasteiger partial charge in [0.1, 0.15) is 25.3 Å². The summed E-state index contributed by atoms with van der Waals surface area (Å²) in [6.07, 6.45) is 4.19. The van der Waals surface area contributed by atoms with E-state index in [0.717, 1.165) is 41.9 Å². The van der Waals surface area contributed by atoms with Crippen LogP contribution in [0.4, 0.5) is 4.79 Å². The molecule has 2 fully saturated rings. The van der Waals surface area contributed by atoms with Crippen LogP contribution in [0.25, 0.3) is 0 Å². The Morgan fingerprint density at radius 2 is 1.72 bits per heavy atom. The molecule has 1 spiro atoms. The summed E-state index contributed by atoms with van der Waals surface area (Å²) in [5.74, 6) is 0.849. The lowest BCUT2D eigenvalue weighted by Crippen LogP contribution is -2.52. The topological polar surface area (TPSA) is 88.2 Å². The lowest BCUT2D eigenvalue weighted by Gasteiger charge is -2.46. The number of nitrogens with one attached hydrogen (secondary N) is 1. The molecular formula is C28H31N3O5. The van der Waals surface area contributed by atoms with Crippen LogP contribution in [-0.2, 0) is 20.5 Å². The number of ether oxygens (including phenoxy) is 2. The molecule has 3 aliphatic heterocycles. The smallest absolute Gasteiger partial charge is 0.325 e. The number of urea groups is 1. The van der Waals surface area contributed by atoms with Gasteiger partial charge in [-0.3, -0.25) is 14.5 Å². The van der Waals surface area contributed by atoms with Gasteiger partial charge < -0.3 is 19.7 Å².